The summed E-state index contributed by atoms with van der Waals surface area (Å²) in [5.74, 6) is 0. The Bertz CT molecular complexity index is 228. The quantitative estimate of drug-likeness (QED) is 0.617. The second-order valence-corrected chi connectivity index (χ2v) is 2.23. The Morgan fingerprint density at radius 1 is 1.70 bits per heavy atom. The van der Waals surface area contributed by atoms with Crippen LogP contribution >= 0.6 is 0 Å². The van der Waals surface area contributed by atoms with Crippen molar-refractivity contribution in [2.45, 2.75) is 6.04 Å². The molecule has 0 fully saturated rings. The van der Waals surface area contributed by atoms with E-state index in [1.165, 1.54) is 6.40 Å². The van der Waals surface area contributed by atoms with E-state index in [9.17, 15) is 0 Å². The highest BCUT2D eigenvalue weighted by Gasteiger charge is 2.13. The molecule has 2 rings (SSSR count). The number of hydrogen-bond donors (Lipinski definition) is 1. The molecule has 0 saturated heterocycles. The molecule has 0 aromatic carbocycles. The van der Waals surface area contributed by atoms with Crippen LogP contribution in [-0.2, 0) is 4.74 Å². The fraction of sp³-hybridized carbons (Fsp3) is 0.286. The molecule has 1 aliphatic heterocycles. The Morgan fingerprint density at radius 3 is 3.30 bits per heavy atom. The van der Waals surface area contributed by atoms with Gasteiger partial charge in [0.1, 0.15) is 12.6 Å². The van der Waals surface area contributed by atoms with Gasteiger partial charge in [0.2, 0.25) is 0 Å². The summed E-state index contributed by atoms with van der Waals surface area (Å²) in [6.45, 7) is 0.667. The summed E-state index contributed by atoms with van der Waals surface area (Å²) in [6, 6.07) is 4.16. The van der Waals surface area contributed by atoms with E-state index in [-0.39, 0.29) is 6.04 Å². The first-order valence-electron chi connectivity index (χ1n) is 3.23. The van der Waals surface area contributed by atoms with E-state index < -0.39 is 0 Å². The molecule has 3 nitrogen and oxygen atoms in total. The predicted octanol–water partition coefficient (Wildman–Crippen LogP) is 1.11. The van der Waals surface area contributed by atoms with Crippen molar-refractivity contribution in [3.8, 4) is 0 Å². The molecule has 3 heteroatoms. The largest absolute Gasteiger partial charge is 0.481 e. The minimum absolute atomic E-state index is 0.190. The Kier molecular flexibility index (Phi) is 1.20. The molecule has 0 spiro atoms. The number of rotatable bonds is 1. The Balaban J connectivity index is 2.20. The van der Waals surface area contributed by atoms with Crippen molar-refractivity contribution in [3.05, 3.63) is 24.0 Å². The smallest absolute Gasteiger partial charge is 0.170 e. The lowest BCUT2D eigenvalue weighted by atomic mass is 10.2. The topological polar surface area (TPSA) is 37.4 Å². The first kappa shape index (κ1) is 5.53. The van der Waals surface area contributed by atoms with Crippen LogP contribution in [0.5, 0.6) is 0 Å². The van der Waals surface area contributed by atoms with E-state index in [2.05, 4.69) is 9.98 Å². The monoisotopic (exact) mass is 136 g/mol. The molecule has 1 aromatic heterocycles. The van der Waals surface area contributed by atoms with Crippen LogP contribution in [0.25, 0.3) is 0 Å². The lowest BCUT2D eigenvalue weighted by molar-refractivity contribution is 0.328. The Labute approximate surface area is 58.7 Å². The van der Waals surface area contributed by atoms with Gasteiger partial charge in [0.05, 0.1) is 0 Å². The fourth-order valence-corrected chi connectivity index (χ4v) is 1.02. The molecule has 0 saturated carbocycles. The van der Waals surface area contributed by atoms with Crippen LogP contribution in [0.4, 0.5) is 0 Å². The molecule has 52 valence electrons. The number of nitrogens with one attached hydrogen (secondary N) is 1. The second-order valence-electron chi connectivity index (χ2n) is 2.23. The van der Waals surface area contributed by atoms with Gasteiger partial charge in [-0.2, -0.15) is 0 Å². The molecule has 1 atom stereocenters. The third kappa shape index (κ3) is 0.795. The van der Waals surface area contributed by atoms with E-state index in [1.807, 2.05) is 18.3 Å². The molecule has 1 aromatic rings. The highest BCUT2D eigenvalue weighted by Crippen LogP contribution is 2.17. The van der Waals surface area contributed by atoms with Crippen molar-refractivity contribution in [2.24, 2.45) is 4.99 Å². The van der Waals surface area contributed by atoms with E-state index in [4.69, 9.17) is 4.74 Å². The molecule has 1 unspecified atom stereocenters. The number of ether oxygens (including phenoxy) is 1. The number of H-pyrrole nitrogens is 1. The molecule has 2 heterocycles. The van der Waals surface area contributed by atoms with Gasteiger partial charge in [-0.25, -0.2) is 4.99 Å². The predicted molar refractivity (Wildman–Crippen MR) is 38.0 cm³/mol. The summed E-state index contributed by atoms with van der Waals surface area (Å²) in [6.07, 6.45) is 3.40. The van der Waals surface area contributed by atoms with Crippen LogP contribution in [-0.4, -0.2) is 18.0 Å². The summed E-state index contributed by atoms with van der Waals surface area (Å²) in [5, 5.41) is 0. The third-order valence-corrected chi connectivity index (χ3v) is 1.55. The zero-order chi connectivity index (χ0) is 6.81. The van der Waals surface area contributed by atoms with Gasteiger partial charge >= 0.3 is 0 Å². The van der Waals surface area contributed by atoms with Crippen LogP contribution in [0.2, 0.25) is 0 Å². The van der Waals surface area contributed by atoms with Crippen molar-refractivity contribution in [2.75, 3.05) is 6.61 Å². The van der Waals surface area contributed by atoms with Crippen LogP contribution in [0, 0.1) is 0 Å². The summed E-state index contributed by atoms with van der Waals surface area (Å²) in [7, 11) is 0. The standard InChI is InChI=1S/C7H8N2O/c1-2-6(8-3-1)7-4-10-5-9-7/h1-3,5,7-8H,4H2. The van der Waals surface area contributed by atoms with Gasteiger partial charge in [-0.05, 0) is 12.1 Å². The van der Waals surface area contributed by atoms with E-state index >= 15 is 0 Å². The average molecular weight is 136 g/mol. The molecule has 0 amide bonds. The zero-order valence-electron chi connectivity index (χ0n) is 5.45. The van der Waals surface area contributed by atoms with Crippen molar-refractivity contribution in [1.82, 2.24) is 4.98 Å². The van der Waals surface area contributed by atoms with E-state index in [0.717, 1.165) is 5.69 Å². The highest BCUT2D eigenvalue weighted by molar-refractivity contribution is 5.49. The SMILES string of the molecule is C1=NC(c2ccc[nH]2)CO1. The number of hydrogen-bond acceptors (Lipinski definition) is 2. The van der Waals surface area contributed by atoms with Crippen LogP contribution in [0.3, 0.4) is 0 Å². The molecule has 1 aliphatic rings. The maximum Gasteiger partial charge on any atom is 0.170 e. The second kappa shape index (κ2) is 2.17. The molecular formula is C7H8N2O. The average Bonchev–Trinajstić information content (AvgIpc) is 2.59. The fourth-order valence-electron chi connectivity index (χ4n) is 1.02. The lowest BCUT2D eigenvalue weighted by Gasteiger charge is -1.99. The first-order valence-corrected chi connectivity index (χ1v) is 3.23. The molecule has 0 bridgehead atoms. The zero-order valence-corrected chi connectivity index (χ0v) is 5.45. The molecule has 0 radical (unpaired) electrons. The van der Waals surface area contributed by atoms with E-state index in [1.54, 1.807) is 0 Å². The number of aromatic nitrogens is 1. The molecule has 1 N–H and O–H groups in total. The molecule has 10 heavy (non-hydrogen) atoms. The summed E-state index contributed by atoms with van der Waals surface area (Å²) in [5.41, 5.74) is 1.12. The van der Waals surface area contributed by atoms with Crippen LogP contribution in [0.1, 0.15) is 11.7 Å². The van der Waals surface area contributed by atoms with Crippen LogP contribution in [0.15, 0.2) is 23.3 Å². The van der Waals surface area contributed by atoms with Gasteiger partial charge in [-0.1, -0.05) is 0 Å². The van der Waals surface area contributed by atoms with Crippen molar-refractivity contribution in [1.29, 1.82) is 0 Å². The maximum atomic E-state index is 4.97. The van der Waals surface area contributed by atoms with Crippen molar-refractivity contribution in [3.63, 3.8) is 0 Å². The minimum atomic E-state index is 0.190. The van der Waals surface area contributed by atoms with Gasteiger partial charge in [-0.15, -0.1) is 0 Å². The van der Waals surface area contributed by atoms with Gasteiger partial charge in [0.25, 0.3) is 0 Å². The minimum Gasteiger partial charge on any atom is -0.481 e. The molecular weight excluding hydrogens is 128 g/mol. The van der Waals surface area contributed by atoms with Gasteiger partial charge in [-0.3, -0.25) is 0 Å². The highest BCUT2D eigenvalue weighted by atomic mass is 16.5. The summed E-state index contributed by atoms with van der Waals surface area (Å²) >= 11 is 0. The van der Waals surface area contributed by atoms with Gasteiger partial charge in [0.15, 0.2) is 6.40 Å². The van der Waals surface area contributed by atoms with Gasteiger partial charge in [0, 0.05) is 11.9 Å². The van der Waals surface area contributed by atoms with Crippen molar-refractivity contribution >= 4 is 6.40 Å². The van der Waals surface area contributed by atoms with Gasteiger partial charge < -0.3 is 9.72 Å². The summed E-state index contributed by atoms with van der Waals surface area (Å²) < 4.78 is 4.97. The number of aromatic amines is 1. The normalized spacial score (nSPS) is 23.0. The van der Waals surface area contributed by atoms with E-state index in [0.29, 0.717) is 6.61 Å². The van der Waals surface area contributed by atoms with Crippen molar-refractivity contribution < 1.29 is 4.74 Å². The Hall–Kier alpha value is -1.25. The summed E-state index contributed by atoms with van der Waals surface area (Å²) in [4.78, 5) is 7.18. The lowest BCUT2D eigenvalue weighted by Crippen LogP contribution is -1.96. The Morgan fingerprint density at radius 2 is 2.70 bits per heavy atom. The third-order valence-electron chi connectivity index (χ3n) is 1.55. The van der Waals surface area contributed by atoms with Crippen LogP contribution < -0.4 is 0 Å². The first-order chi connectivity index (χ1) is 4.97. The number of nitrogens with zero attached hydrogens (tertiary/aromatic N) is 1. The molecule has 0 aliphatic carbocycles. The maximum absolute atomic E-state index is 4.97. The number of aliphatic imine (C=N–C) groups is 1.